The topological polar surface area (TPSA) is 50.2 Å². The van der Waals surface area contributed by atoms with Crippen LogP contribution in [0.3, 0.4) is 0 Å². The number of amides is 1. The average molecular weight is 256 g/mol. The maximum atomic E-state index is 12.1. The molecule has 1 N–H and O–H groups in total. The highest BCUT2D eigenvalue weighted by atomic mass is 16.2. The van der Waals surface area contributed by atoms with Crippen LogP contribution >= 0.6 is 0 Å². The van der Waals surface area contributed by atoms with E-state index in [0.717, 1.165) is 24.6 Å². The largest absolute Gasteiger partial charge is 0.376 e. The molecule has 0 fully saturated rings. The summed E-state index contributed by atoms with van der Waals surface area (Å²) < 4.78 is 2.09. The zero-order chi connectivity index (χ0) is 13.1. The van der Waals surface area contributed by atoms with Gasteiger partial charge in [0.15, 0.2) is 0 Å². The Bertz CT molecular complexity index is 564. The zero-order valence-electron chi connectivity index (χ0n) is 10.6. The third-order valence-electron chi connectivity index (χ3n) is 3.32. The van der Waals surface area contributed by atoms with Crippen LogP contribution in [0.1, 0.15) is 5.82 Å². The van der Waals surface area contributed by atoms with E-state index in [0.29, 0.717) is 13.1 Å². The maximum absolute atomic E-state index is 12.1. The fraction of sp³-hybridized carbons (Fsp3) is 0.286. The summed E-state index contributed by atoms with van der Waals surface area (Å²) in [7, 11) is 0. The van der Waals surface area contributed by atoms with Crippen LogP contribution in [0.15, 0.2) is 42.7 Å². The van der Waals surface area contributed by atoms with Gasteiger partial charge >= 0.3 is 0 Å². The van der Waals surface area contributed by atoms with Crippen molar-refractivity contribution in [3.63, 3.8) is 0 Å². The molecular formula is C14H16N4O. The molecule has 0 atom stereocenters. The van der Waals surface area contributed by atoms with Gasteiger partial charge in [0.1, 0.15) is 5.82 Å². The Morgan fingerprint density at radius 1 is 1.26 bits per heavy atom. The Morgan fingerprint density at radius 2 is 2.11 bits per heavy atom. The molecule has 2 aromatic rings. The van der Waals surface area contributed by atoms with Crippen LogP contribution in [0.4, 0.5) is 5.69 Å². The second kappa shape index (κ2) is 5.14. The summed E-state index contributed by atoms with van der Waals surface area (Å²) >= 11 is 0. The average Bonchev–Trinajstić information content (AvgIpc) is 2.93. The number of benzene rings is 1. The quantitative estimate of drug-likeness (QED) is 0.901. The van der Waals surface area contributed by atoms with Crippen molar-refractivity contribution in [2.24, 2.45) is 0 Å². The first-order valence-corrected chi connectivity index (χ1v) is 6.39. The van der Waals surface area contributed by atoms with Gasteiger partial charge in [0.25, 0.3) is 0 Å². The molecule has 1 aliphatic heterocycles. The Morgan fingerprint density at radius 3 is 2.95 bits per heavy atom. The molecule has 5 nitrogen and oxygen atoms in total. The van der Waals surface area contributed by atoms with E-state index < -0.39 is 0 Å². The van der Waals surface area contributed by atoms with Crippen LogP contribution in [0.5, 0.6) is 0 Å². The smallest absolute Gasteiger partial charge is 0.242 e. The molecule has 0 aliphatic carbocycles. The minimum Gasteiger partial charge on any atom is -0.376 e. The van der Waals surface area contributed by atoms with Crippen LogP contribution in [-0.4, -0.2) is 33.4 Å². The van der Waals surface area contributed by atoms with Crippen LogP contribution < -0.4 is 5.32 Å². The fourth-order valence-electron chi connectivity index (χ4n) is 2.23. The second-order valence-electron chi connectivity index (χ2n) is 4.57. The summed E-state index contributed by atoms with van der Waals surface area (Å²) in [6.07, 6.45) is 3.74. The van der Waals surface area contributed by atoms with E-state index >= 15 is 0 Å². The highest BCUT2D eigenvalue weighted by Crippen LogP contribution is 2.11. The number of carbonyl (C=O) groups excluding carboxylic acids is 1. The summed E-state index contributed by atoms with van der Waals surface area (Å²) in [6.45, 7) is 2.50. The van der Waals surface area contributed by atoms with Gasteiger partial charge in [-0.1, -0.05) is 18.2 Å². The number of nitrogens with one attached hydrogen (secondary N) is 1. The Hall–Kier alpha value is -2.30. The maximum Gasteiger partial charge on any atom is 0.242 e. The highest BCUT2D eigenvalue weighted by molar-refractivity contribution is 5.80. The number of hydrogen-bond acceptors (Lipinski definition) is 3. The first-order valence-electron chi connectivity index (χ1n) is 6.39. The van der Waals surface area contributed by atoms with Gasteiger partial charge in [-0.2, -0.15) is 0 Å². The number of carbonyl (C=O) groups is 1. The van der Waals surface area contributed by atoms with Gasteiger partial charge in [-0.05, 0) is 12.1 Å². The lowest BCUT2D eigenvalue weighted by Gasteiger charge is -2.27. The third kappa shape index (κ3) is 2.59. The number of para-hydroxylation sites is 1. The number of nitrogens with zero attached hydrogens (tertiary/aromatic N) is 3. The normalized spacial score (nSPS) is 14.0. The molecule has 1 amide bonds. The molecule has 19 heavy (non-hydrogen) atoms. The molecule has 1 aromatic heterocycles. The lowest BCUT2D eigenvalue weighted by molar-refractivity contribution is -0.130. The lowest BCUT2D eigenvalue weighted by atomic mass is 10.3. The summed E-state index contributed by atoms with van der Waals surface area (Å²) in [5.74, 6) is 1.07. The van der Waals surface area contributed by atoms with Gasteiger partial charge in [0, 0.05) is 31.2 Å². The van der Waals surface area contributed by atoms with Crippen molar-refractivity contribution >= 4 is 11.6 Å². The molecule has 0 spiro atoms. The summed E-state index contributed by atoms with van der Waals surface area (Å²) in [4.78, 5) is 18.2. The number of fused-ring (bicyclic) bond motifs is 1. The minimum atomic E-state index is 0.109. The standard InChI is InChI=1S/C14H16N4O/c19-14(10-16-12-4-2-1-3-5-12)18-9-8-17-7-6-15-13(17)11-18/h1-7,16H,8-11H2. The molecule has 2 heterocycles. The number of aromatic nitrogens is 2. The van der Waals surface area contributed by atoms with Crippen molar-refractivity contribution in [3.05, 3.63) is 48.5 Å². The molecule has 1 aromatic carbocycles. The molecule has 0 saturated heterocycles. The van der Waals surface area contributed by atoms with E-state index in [4.69, 9.17) is 0 Å². The van der Waals surface area contributed by atoms with E-state index in [1.54, 1.807) is 6.20 Å². The molecule has 98 valence electrons. The number of hydrogen-bond donors (Lipinski definition) is 1. The van der Waals surface area contributed by atoms with E-state index in [1.165, 1.54) is 0 Å². The summed E-state index contributed by atoms with van der Waals surface area (Å²) in [6, 6.07) is 9.76. The molecule has 0 saturated carbocycles. The summed E-state index contributed by atoms with van der Waals surface area (Å²) in [5.41, 5.74) is 0.967. The van der Waals surface area contributed by atoms with Gasteiger partial charge in [-0.15, -0.1) is 0 Å². The highest BCUT2D eigenvalue weighted by Gasteiger charge is 2.20. The Labute approximate surface area is 111 Å². The monoisotopic (exact) mass is 256 g/mol. The molecule has 0 unspecified atom stereocenters. The lowest BCUT2D eigenvalue weighted by Crippen LogP contribution is -2.41. The van der Waals surface area contributed by atoms with Crippen molar-refractivity contribution in [2.45, 2.75) is 13.1 Å². The van der Waals surface area contributed by atoms with Crippen LogP contribution in [0.25, 0.3) is 0 Å². The third-order valence-corrected chi connectivity index (χ3v) is 3.32. The molecule has 0 bridgehead atoms. The van der Waals surface area contributed by atoms with Gasteiger partial charge in [0.05, 0.1) is 13.1 Å². The van der Waals surface area contributed by atoms with E-state index in [2.05, 4.69) is 14.9 Å². The molecule has 0 radical (unpaired) electrons. The van der Waals surface area contributed by atoms with E-state index in [1.807, 2.05) is 41.4 Å². The van der Waals surface area contributed by atoms with Crippen LogP contribution in [-0.2, 0) is 17.9 Å². The number of imidazole rings is 1. The summed E-state index contributed by atoms with van der Waals surface area (Å²) in [5, 5.41) is 3.14. The first kappa shape index (κ1) is 11.8. The fourth-order valence-corrected chi connectivity index (χ4v) is 2.23. The predicted octanol–water partition coefficient (Wildman–Crippen LogP) is 1.34. The molecule has 3 rings (SSSR count). The number of rotatable bonds is 3. The van der Waals surface area contributed by atoms with Crippen LogP contribution in [0, 0.1) is 0 Å². The van der Waals surface area contributed by atoms with E-state index in [-0.39, 0.29) is 5.91 Å². The van der Waals surface area contributed by atoms with Crippen molar-refractivity contribution in [3.8, 4) is 0 Å². The van der Waals surface area contributed by atoms with Gasteiger partial charge < -0.3 is 14.8 Å². The Balaban J connectivity index is 1.57. The Kier molecular flexibility index (Phi) is 3.18. The van der Waals surface area contributed by atoms with Crippen molar-refractivity contribution in [2.75, 3.05) is 18.4 Å². The van der Waals surface area contributed by atoms with Gasteiger partial charge in [-0.3, -0.25) is 4.79 Å². The van der Waals surface area contributed by atoms with Crippen molar-refractivity contribution in [1.29, 1.82) is 0 Å². The van der Waals surface area contributed by atoms with Crippen molar-refractivity contribution < 1.29 is 4.79 Å². The van der Waals surface area contributed by atoms with Gasteiger partial charge in [0.2, 0.25) is 5.91 Å². The molecule has 5 heteroatoms. The van der Waals surface area contributed by atoms with Gasteiger partial charge in [-0.25, -0.2) is 4.98 Å². The number of anilines is 1. The predicted molar refractivity (Wildman–Crippen MR) is 72.6 cm³/mol. The zero-order valence-corrected chi connectivity index (χ0v) is 10.6. The molecular weight excluding hydrogens is 240 g/mol. The SMILES string of the molecule is O=C(CNc1ccccc1)N1CCn2ccnc2C1. The van der Waals surface area contributed by atoms with Crippen molar-refractivity contribution in [1.82, 2.24) is 14.5 Å². The molecule has 1 aliphatic rings. The van der Waals surface area contributed by atoms with E-state index in [9.17, 15) is 4.79 Å². The minimum absolute atomic E-state index is 0.109. The first-order chi connectivity index (χ1) is 9.33. The second-order valence-corrected chi connectivity index (χ2v) is 4.57. The van der Waals surface area contributed by atoms with Crippen LogP contribution in [0.2, 0.25) is 0 Å².